The standard InChI is InChI=1S/C11H14N2O/c1-2-3-4-11(14)13-9-10-5-7-12-8-6-10/h3-8H,2,9H2,1H3,(H,13,14). The average molecular weight is 190 g/mol. The normalized spacial score (nSPS) is 10.4. The van der Waals surface area contributed by atoms with Crippen LogP contribution in [0.4, 0.5) is 0 Å². The predicted octanol–water partition coefficient (Wildman–Crippen LogP) is 1.66. The number of aromatic nitrogens is 1. The maximum atomic E-state index is 11.2. The van der Waals surface area contributed by atoms with Crippen molar-refractivity contribution in [2.45, 2.75) is 19.9 Å². The van der Waals surface area contributed by atoms with E-state index in [1.54, 1.807) is 18.5 Å². The summed E-state index contributed by atoms with van der Waals surface area (Å²) in [5.41, 5.74) is 1.05. The molecular formula is C11H14N2O. The van der Waals surface area contributed by atoms with Gasteiger partial charge in [-0.1, -0.05) is 13.0 Å². The summed E-state index contributed by atoms with van der Waals surface area (Å²) in [5, 5.41) is 2.78. The Hall–Kier alpha value is -1.64. The van der Waals surface area contributed by atoms with Crippen molar-refractivity contribution in [3.05, 3.63) is 42.2 Å². The maximum absolute atomic E-state index is 11.2. The van der Waals surface area contributed by atoms with E-state index in [1.807, 2.05) is 25.1 Å². The Kier molecular flexibility index (Phi) is 4.41. The van der Waals surface area contributed by atoms with Crippen LogP contribution in [-0.4, -0.2) is 10.9 Å². The minimum atomic E-state index is -0.0522. The highest BCUT2D eigenvalue weighted by molar-refractivity contribution is 5.87. The van der Waals surface area contributed by atoms with E-state index in [0.29, 0.717) is 6.54 Å². The number of amides is 1. The van der Waals surface area contributed by atoms with E-state index >= 15 is 0 Å². The van der Waals surface area contributed by atoms with E-state index in [0.717, 1.165) is 12.0 Å². The van der Waals surface area contributed by atoms with Crippen LogP contribution in [0.3, 0.4) is 0 Å². The van der Waals surface area contributed by atoms with Gasteiger partial charge in [-0.15, -0.1) is 0 Å². The fourth-order valence-corrected chi connectivity index (χ4v) is 0.974. The number of nitrogens with zero attached hydrogens (tertiary/aromatic N) is 1. The summed E-state index contributed by atoms with van der Waals surface area (Å²) in [7, 11) is 0. The lowest BCUT2D eigenvalue weighted by Gasteiger charge is -2.00. The van der Waals surface area contributed by atoms with Gasteiger partial charge in [-0.25, -0.2) is 0 Å². The molecule has 1 aromatic heterocycles. The van der Waals surface area contributed by atoms with Crippen LogP contribution in [-0.2, 0) is 11.3 Å². The van der Waals surface area contributed by atoms with Crippen LogP contribution in [0, 0.1) is 0 Å². The first-order chi connectivity index (χ1) is 6.83. The number of hydrogen-bond donors (Lipinski definition) is 1. The van der Waals surface area contributed by atoms with Crippen molar-refractivity contribution < 1.29 is 4.79 Å². The van der Waals surface area contributed by atoms with E-state index in [9.17, 15) is 4.79 Å². The molecule has 14 heavy (non-hydrogen) atoms. The van der Waals surface area contributed by atoms with Gasteiger partial charge in [0.25, 0.3) is 0 Å². The van der Waals surface area contributed by atoms with E-state index in [-0.39, 0.29) is 5.91 Å². The quantitative estimate of drug-likeness (QED) is 0.734. The molecule has 3 heteroatoms. The van der Waals surface area contributed by atoms with Crippen molar-refractivity contribution in [3.63, 3.8) is 0 Å². The van der Waals surface area contributed by atoms with Crippen LogP contribution in [0.1, 0.15) is 18.9 Å². The second-order valence-corrected chi connectivity index (χ2v) is 2.88. The molecule has 0 aliphatic carbocycles. The highest BCUT2D eigenvalue weighted by Gasteiger charge is 1.94. The fraction of sp³-hybridized carbons (Fsp3) is 0.273. The van der Waals surface area contributed by atoms with Crippen LogP contribution in [0.15, 0.2) is 36.7 Å². The first kappa shape index (κ1) is 10.4. The molecule has 0 radical (unpaired) electrons. The van der Waals surface area contributed by atoms with Crippen molar-refractivity contribution in [2.24, 2.45) is 0 Å². The second-order valence-electron chi connectivity index (χ2n) is 2.88. The molecule has 1 rings (SSSR count). The van der Waals surface area contributed by atoms with Gasteiger partial charge in [0.05, 0.1) is 0 Å². The molecule has 0 spiro atoms. The van der Waals surface area contributed by atoms with Gasteiger partial charge in [-0.05, 0) is 30.2 Å². The molecule has 0 aliphatic heterocycles. The summed E-state index contributed by atoms with van der Waals surface area (Å²) in [5.74, 6) is -0.0522. The predicted molar refractivity (Wildman–Crippen MR) is 55.5 cm³/mol. The molecule has 74 valence electrons. The lowest BCUT2D eigenvalue weighted by Crippen LogP contribution is -2.20. The van der Waals surface area contributed by atoms with Gasteiger partial charge < -0.3 is 5.32 Å². The third-order valence-electron chi connectivity index (χ3n) is 1.72. The molecule has 0 aliphatic rings. The molecule has 0 fully saturated rings. The minimum absolute atomic E-state index is 0.0522. The third kappa shape index (κ3) is 3.85. The van der Waals surface area contributed by atoms with Crippen LogP contribution in [0.5, 0.6) is 0 Å². The zero-order valence-corrected chi connectivity index (χ0v) is 8.23. The van der Waals surface area contributed by atoms with Gasteiger partial charge in [0.15, 0.2) is 0 Å². The number of pyridine rings is 1. The molecule has 1 N–H and O–H groups in total. The molecule has 1 heterocycles. The fourth-order valence-electron chi connectivity index (χ4n) is 0.974. The third-order valence-corrected chi connectivity index (χ3v) is 1.72. The molecule has 0 atom stereocenters. The van der Waals surface area contributed by atoms with E-state index in [2.05, 4.69) is 10.3 Å². The number of rotatable bonds is 4. The monoisotopic (exact) mass is 190 g/mol. The van der Waals surface area contributed by atoms with Gasteiger partial charge in [0.2, 0.25) is 5.91 Å². The zero-order chi connectivity index (χ0) is 10.2. The summed E-state index contributed by atoms with van der Waals surface area (Å²) in [6, 6.07) is 3.76. The van der Waals surface area contributed by atoms with Crippen LogP contribution in [0.2, 0.25) is 0 Å². The number of nitrogens with one attached hydrogen (secondary N) is 1. The SMILES string of the molecule is CCC=CC(=O)NCc1ccncc1. The Bertz CT molecular complexity index is 306. The number of carbonyl (C=O) groups excluding carboxylic acids is 1. The molecule has 0 bridgehead atoms. The lowest BCUT2D eigenvalue weighted by atomic mass is 10.3. The average Bonchev–Trinajstić information content (AvgIpc) is 2.25. The topological polar surface area (TPSA) is 42.0 Å². The molecule has 0 aromatic carbocycles. The maximum Gasteiger partial charge on any atom is 0.243 e. The number of hydrogen-bond acceptors (Lipinski definition) is 2. The molecule has 0 saturated heterocycles. The Morgan fingerprint density at radius 3 is 2.86 bits per heavy atom. The number of allylic oxidation sites excluding steroid dienone is 1. The van der Waals surface area contributed by atoms with E-state index < -0.39 is 0 Å². The summed E-state index contributed by atoms with van der Waals surface area (Å²) in [6.07, 6.45) is 7.69. The van der Waals surface area contributed by atoms with Crippen LogP contribution < -0.4 is 5.32 Å². The minimum Gasteiger partial charge on any atom is -0.348 e. The smallest absolute Gasteiger partial charge is 0.243 e. The van der Waals surface area contributed by atoms with Gasteiger partial charge in [0.1, 0.15) is 0 Å². The summed E-state index contributed by atoms with van der Waals surface area (Å²) >= 11 is 0. The van der Waals surface area contributed by atoms with Gasteiger partial charge in [-0.2, -0.15) is 0 Å². The first-order valence-corrected chi connectivity index (χ1v) is 4.66. The highest BCUT2D eigenvalue weighted by atomic mass is 16.1. The van der Waals surface area contributed by atoms with Crippen molar-refractivity contribution in [1.82, 2.24) is 10.3 Å². The summed E-state index contributed by atoms with van der Waals surface area (Å²) in [4.78, 5) is 15.1. The zero-order valence-electron chi connectivity index (χ0n) is 8.23. The van der Waals surface area contributed by atoms with E-state index in [4.69, 9.17) is 0 Å². The lowest BCUT2D eigenvalue weighted by molar-refractivity contribution is -0.116. The van der Waals surface area contributed by atoms with Crippen molar-refractivity contribution >= 4 is 5.91 Å². The van der Waals surface area contributed by atoms with Gasteiger partial charge in [-0.3, -0.25) is 9.78 Å². The van der Waals surface area contributed by atoms with Crippen molar-refractivity contribution in [2.75, 3.05) is 0 Å². The largest absolute Gasteiger partial charge is 0.348 e. The first-order valence-electron chi connectivity index (χ1n) is 4.66. The Morgan fingerprint density at radius 2 is 2.21 bits per heavy atom. The molecule has 0 saturated carbocycles. The van der Waals surface area contributed by atoms with Gasteiger partial charge in [0, 0.05) is 18.9 Å². The molecule has 1 aromatic rings. The van der Waals surface area contributed by atoms with E-state index in [1.165, 1.54) is 0 Å². The Balaban J connectivity index is 2.34. The summed E-state index contributed by atoms with van der Waals surface area (Å²) in [6.45, 7) is 2.54. The van der Waals surface area contributed by atoms with Crippen LogP contribution in [0.25, 0.3) is 0 Å². The Labute approximate surface area is 83.9 Å². The molecular weight excluding hydrogens is 176 g/mol. The second kappa shape index (κ2) is 5.91. The molecule has 0 unspecified atom stereocenters. The van der Waals surface area contributed by atoms with Crippen molar-refractivity contribution in [3.8, 4) is 0 Å². The highest BCUT2D eigenvalue weighted by Crippen LogP contribution is 1.94. The molecule has 1 amide bonds. The van der Waals surface area contributed by atoms with Crippen LogP contribution >= 0.6 is 0 Å². The summed E-state index contributed by atoms with van der Waals surface area (Å²) < 4.78 is 0. The van der Waals surface area contributed by atoms with Crippen molar-refractivity contribution in [1.29, 1.82) is 0 Å². The van der Waals surface area contributed by atoms with Gasteiger partial charge >= 0.3 is 0 Å². The Morgan fingerprint density at radius 1 is 1.50 bits per heavy atom. The molecule has 3 nitrogen and oxygen atoms in total. The number of carbonyl (C=O) groups is 1.